The van der Waals surface area contributed by atoms with Gasteiger partial charge >= 0.3 is 5.97 Å². The third kappa shape index (κ3) is 4.82. The van der Waals surface area contributed by atoms with Gasteiger partial charge in [-0.2, -0.15) is 0 Å². The van der Waals surface area contributed by atoms with Gasteiger partial charge in [0.25, 0.3) is 5.91 Å². The van der Waals surface area contributed by atoms with Crippen LogP contribution in [-0.4, -0.2) is 32.6 Å². The molecule has 25 heavy (non-hydrogen) atoms. The highest BCUT2D eigenvalue weighted by atomic mass is 35.5. The molecule has 1 aromatic carbocycles. The second-order valence-electron chi connectivity index (χ2n) is 5.88. The predicted molar refractivity (Wildman–Crippen MR) is 95.9 cm³/mol. The van der Waals surface area contributed by atoms with E-state index in [0.29, 0.717) is 12.2 Å². The largest absolute Gasteiger partial charge is 0.480 e. The number of halogens is 1. The van der Waals surface area contributed by atoms with Gasteiger partial charge < -0.3 is 15.0 Å². The molecule has 0 unspecified atom stereocenters. The SMILES string of the molecule is CCCCc1nc(Cl)c(C(=O)N[C@@H](Cc2ccccc2)C(=O)O)n1C. The standard InChI is InChI=1S/C18H22ClN3O3/c1-3-4-10-14-21-16(19)15(22(14)2)17(23)20-13(18(24)25)11-12-8-6-5-7-9-12/h5-9,13H,3-4,10-11H2,1-2H3,(H,20,23)(H,24,25)/t13-/m0/s1. The molecule has 0 saturated carbocycles. The van der Waals surface area contributed by atoms with Gasteiger partial charge in [0.2, 0.25) is 0 Å². The Morgan fingerprint density at radius 1 is 1.32 bits per heavy atom. The summed E-state index contributed by atoms with van der Waals surface area (Å²) in [5, 5.41) is 12.1. The summed E-state index contributed by atoms with van der Waals surface area (Å²) in [5.41, 5.74) is 1.02. The fourth-order valence-corrected chi connectivity index (χ4v) is 2.90. The Bertz CT molecular complexity index is 744. The Morgan fingerprint density at radius 3 is 2.60 bits per heavy atom. The van der Waals surface area contributed by atoms with Crippen molar-refractivity contribution >= 4 is 23.5 Å². The van der Waals surface area contributed by atoms with Gasteiger partial charge in [0, 0.05) is 19.9 Å². The van der Waals surface area contributed by atoms with Gasteiger partial charge in [-0.15, -0.1) is 0 Å². The minimum Gasteiger partial charge on any atom is -0.480 e. The quantitative estimate of drug-likeness (QED) is 0.755. The van der Waals surface area contributed by atoms with Crippen LogP contribution >= 0.6 is 11.6 Å². The molecule has 1 heterocycles. The van der Waals surface area contributed by atoms with Crippen molar-refractivity contribution in [2.45, 2.75) is 38.6 Å². The molecule has 0 saturated heterocycles. The molecule has 6 nitrogen and oxygen atoms in total. The maximum Gasteiger partial charge on any atom is 0.326 e. The highest BCUT2D eigenvalue weighted by Crippen LogP contribution is 2.18. The van der Waals surface area contributed by atoms with Gasteiger partial charge in [0.15, 0.2) is 5.15 Å². The number of aromatic nitrogens is 2. The first-order valence-corrected chi connectivity index (χ1v) is 8.60. The van der Waals surface area contributed by atoms with E-state index in [-0.39, 0.29) is 17.3 Å². The summed E-state index contributed by atoms with van der Waals surface area (Å²) in [5.74, 6) is -0.917. The van der Waals surface area contributed by atoms with Crippen LogP contribution in [0.5, 0.6) is 0 Å². The molecule has 0 aliphatic carbocycles. The summed E-state index contributed by atoms with van der Waals surface area (Å²) in [6.45, 7) is 2.07. The number of carboxylic acids is 1. The molecule has 0 aliphatic rings. The second kappa shape index (κ2) is 8.67. The van der Waals surface area contributed by atoms with Gasteiger partial charge in [-0.3, -0.25) is 4.79 Å². The van der Waals surface area contributed by atoms with Crippen molar-refractivity contribution in [3.05, 3.63) is 52.6 Å². The Morgan fingerprint density at radius 2 is 2.00 bits per heavy atom. The summed E-state index contributed by atoms with van der Waals surface area (Å²) in [6, 6.07) is 8.11. The number of imidazole rings is 1. The monoisotopic (exact) mass is 363 g/mol. The fraction of sp³-hybridized carbons (Fsp3) is 0.389. The number of carbonyl (C=O) groups excluding carboxylic acids is 1. The Hall–Kier alpha value is -2.34. The molecule has 134 valence electrons. The number of amides is 1. The van der Waals surface area contributed by atoms with Gasteiger partial charge in [-0.1, -0.05) is 55.3 Å². The molecule has 0 radical (unpaired) electrons. The molecule has 2 aromatic rings. The number of aryl methyl sites for hydroxylation is 1. The van der Waals surface area contributed by atoms with Crippen LogP contribution in [0.3, 0.4) is 0 Å². The van der Waals surface area contributed by atoms with Crippen molar-refractivity contribution in [3.63, 3.8) is 0 Å². The van der Waals surface area contributed by atoms with Crippen molar-refractivity contribution in [2.24, 2.45) is 7.05 Å². The van der Waals surface area contributed by atoms with Crippen LogP contribution in [0, 0.1) is 0 Å². The molecule has 0 aliphatic heterocycles. The lowest BCUT2D eigenvalue weighted by Gasteiger charge is -2.15. The molecule has 2 N–H and O–H groups in total. The van der Waals surface area contributed by atoms with Crippen LogP contribution in [-0.2, 0) is 24.7 Å². The van der Waals surface area contributed by atoms with Crippen molar-refractivity contribution in [3.8, 4) is 0 Å². The smallest absolute Gasteiger partial charge is 0.326 e. The van der Waals surface area contributed by atoms with Gasteiger partial charge in [0.1, 0.15) is 17.6 Å². The average Bonchev–Trinajstić information content (AvgIpc) is 2.87. The molecule has 0 bridgehead atoms. The first-order chi connectivity index (χ1) is 11.9. The Balaban J connectivity index is 2.16. The maximum absolute atomic E-state index is 12.6. The van der Waals surface area contributed by atoms with E-state index in [4.69, 9.17) is 11.6 Å². The van der Waals surface area contributed by atoms with E-state index in [0.717, 1.165) is 18.4 Å². The third-order valence-electron chi connectivity index (χ3n) is 4.00. The summed E-state index contributed by atoms with van der Waals surface area (Å²) >= 11 is 6.11. The van der Waals surface area contributed by atoms with E-state index in [2.05, 4.69) is 17.2 Å². The van der Waals surface area contributed by atoms with Crippen LogP contribution in [0.25, 0.3) is 0 Å². The minimum atomic E-state index is -1.10. The first kappa shape index (κ1) is 19.0. The van der Waals surface area contributed by atoms with Gasteiger partial charge in [0.05, 0.1) is 0 Å². The number of carboxylic acid groups (broad SMARTS) is 1. The number of hydrogen-bond acceptors (Lipinski definition) is 3. The van der Waals surface area contributed by atoms with Crippen LogP contribution in [0.4, 0.5) is 0 Å². The number of unbranched alkanes of at least 4 members (excludes halogenated alkanes) is 1. The van der Waals surface area contributed by atoms with Crippen LogP contribution < -0.4 is 5.32 Å². The van der Waals surface area contributed by atoms with E-state index < -0.39 is 17.9 Å². The van der Waals surface area contributed by atoms with Crippen molar-refractivity contribution in [1.29, 1.82) is 0 Å². The van der Waals surface area contributed by atoms with E-state index in [1.807, 2.05) is 30.3 Å². The average molecular weight is 364 g/mol. The summed E-state index contributed by atoms with van der Waals surface area (Å²) in [6.07, 6.45) is 2.85. The fourth-order valence-electron chi connectivity index (χ4n) is 2.59. The molecule has 7 heteroatoms. The second-order valence-corrected chi connectivity index (χ2v) is 6.24. The zero-order chi connectivity index (χ0) is 18.4. The zero-order valence-electron chi connectivity index (χ0n) is 14.3. The molecule has 0 spiro atoms. The number of nitrogens with one attached hydrogen (secondary N) is 1. The summed E-state index contributed by atoms with van der Waals surface area (Å²) < 4.78 is 1.63. The number of aliphatic carboxylic acids is 1. The van der Waals surface area contributed by atoms with Crippen molar-refractivity contribution in [1.82, 2.24) is 14.9 Å². The molecular formula is C18H22ClN3O3. The predicted octanol–water partition coefficient (Wildman–Crippen LogP) is 2.84. The lowest BCUT2D eigenvalue weighted by molar-refractivity contribution is -0.139. The maximum atomic E-state index is 12.6. The highest BCUT2D eigenvalue weighted by molar-refractivity contribution is 6.32. The van der Waals surface area contributed by atoms with Gasteiger partial charge in [-0.25, -0.2) is 9.78 Å². The van der Waals surface area contributed by atoms with Crippen molar-refractivity contribution < 1.29 is 14.7 Å². The van der Waals surface area contributed by atoms with E-state index in [9.17, 15) is 14.7 Å². The van der Waals surface area contributed by atoms with Crippen LogP contribution in [0.15, 0.2) is 30.3 Å². The number of carbonyl (C=O) groups is 2. The van der Waals surface area contributed by atoms with E-state index >= 15 is 0 Å². The number of benzene rings is 1. The number of nitrogens with zero attached hydrogens (tertiary/aromatic N) is 2. The molecular weight excluding hydrogens is 342 g/mol. The van der Waals surface area contributed by atoms with E-state index in [1.165, 1.54) is 0 Å². The molecule has 2 rings (SSSR count). The minimum absolute atomic E-state index is 0.0925. The molecule has 1 aromatic heterocycles. The molecule has 1 amide bonds. The molecule has 1 atom stereocenters. The number of rotatable bonds is 8. The topological polar surface area (TPSA) is 84.2 Å². The lowest BCUT2D eigenvalue weighted by Crippen LogP contribution is -2.43. The number of hydrogen-bond donors (Lipinski definition) is 2. The zero-order valence-corrected chi connectivity index (χ0v) is 15.1. The summed E-state index contributed by atoms with van der Waals surface area (Å²) in [4.78, 5) is 28.3. The Kier molecular flexibility index (Phi) is 6.58. The third-order valence-corrected chi connectivity index (χ3v) is 4.26. The van der Waals surface area contributed by atoms with Crippen LogP contribution in [0.2, 0.25) is 5.15 Å². The van der Waals surface area contributed by atoms with Crippen LogP contribution in [0.1, 0.15) is 41.6 Å². The molecule has 0 fully saturated rings. The lowest BCUT2D eigenvalue weighted by atomic mass is 10.1. The summed E-state index contributed by atoms with van der Waals surface area (Å²) in [7, 11) is 1.71. The van der Waals surface area contributed by atoms with Gasteiger partial charge in [-0.05, 0) is 12.0 Å². The highest BCUT2D eigenvalue weighted by Gasteiger charge is 2.25. The Labute approximate surface area is 151 Å². The first-order valence-electron chi connectivity index (χ1n) is 8.22. The normalized spacial score (nSPS) is 12.0. The van der Waals surface area contributed by atoms with Crippen molar-refractivity contribution in [2.75, 3.05) is 0 Å². The van der Waals surface area contributed by atoms with E-state index in [1.54, 1.807) is 11.6 Å².